The van der Waals surface area contributed by atoms with Crippen LogP contribution in [0.3, 0.4) is 0 Å². The zero-order valence-electron chi connectivity index (χ0n) is 9.35. The van der Waals surface area contributed by atoms with Crippen LogP contribution >= 0.6 is 11.6 Å². The molecule has 1 aromatic heterocycles. The van der Waals surface area contributed by atoms with Gasteiger partial charge in [-0.05, 0) is 25.1 Å². The fourth-order valence-electron chi connectivity index (χ4n) is 1.74. The third-order valence-corrected chi connectivity index (χ3v) is 2.67. The van der Waals surface area contributed by atoms with Crippen molar-refractivity contribution in [1.29, 1.82) is 0 Å². The monoisotopic (exact) mass is 251 g/mol. The van der Waals surface area contributed by atoms with Gasteiger partial charge >= 0.3 is 0 Å². The van der Waals surface area contributed by atoms with E-state index in [2.05, 4.69) is 5.10 Å². The summed E-state index contributed by atoms with van der Waals surface area (Å²) in [6.07, 6.45) is 0. The first kappa shape index (κ1) is 11.6. The van der Waals surface area contributed by atoms with E-state index < -0.39 is 4.92 Å². The predicted molar refractivity (Wildman–Crippen MR) is 65.0 cm³/mol. The van der Waals surface area contributed by atoms with E-state index in [1.54, 1.807) is 29.9 Å². The molecule has 0 N–H and O–H groups in total. The van der Waals surface area contributed by atoms with Crippen molar-refractivity contribution >= 4 is 17.3 Å². The van der Waals surface area contributed by atoms with E-state index in [1.807, 2.05) is 6.92 Å². The molecular weight excluding hydrogens is 242 g/mol. The summed E-state index contributed by atoms with van der Waals surface area (Å²) in [6.45, 7) is 1.84. The van der Waals surface area contributed by atoms with Gasteiger partial charge in [-0.1, -0.05) is 11.6 Å². The summed E-state index contributed by atoms with van der Waals surface area (Å²) in [5.41, 5.74) is 2.01. The van der Waals surface area contributed by atoms with Crippen LogP contribution in [0.2, 0.25) is 5.02 Å². The Hall–Kier alpha value is -1.88. The number of nitro benzene ring substituents is 1. The van der Waals surface area contributed by atoms with Crippen molar-refractivity contribution in [3.05, 3.63) is 45.1 Å². The van der Waals surface area contributed by atoms with Gasteiger partial charge in [0.1, 0.15) is 0 Å². The van der Waals surface area contributed by atoms with Crippen LogP contribution in [0.4, 0.5) is 5.69 Å². The Morgan fingerprint density at radius 3 is 2.65 bits per heavy atom. The summed E-state index contributed by atoms with van der Waals surface area (Å²) in [7, 11) is 1.75. The van der Waals surface area contributed by atoms with E-state index in [9.17, 15) is 10.1 Å². The molecule has 0 amide bonds. The van der Waals surface area contributed by atoms with Crippen LogP contribution in [0.15, 0.2) is 24.3 Å². The first-order chi connectivity index (χ1) is 7.99. The summed E-state index contributed by atoms with van der Waals surface area (Å²) in [5, 5.41) is 15.5. The number of halogens is 1. The molecule has 5 nitrogen and oxygen atoms in total. The first-order valence-corrected chi connectivity index (χ1v) is 5.32. The molecule has 0 bridgehead atoms. The topological polar surface area (TPSA) is 61.0 Å². The Bertz CT molecular complexity index is 592. The number of nitrogens with zero attached hydrogens (tertiary/aromatic N) is 3. The minimum Gasteiger partial charge on any atom is -0.267 e. The second-order valence-corrected chi connectivity index (χ2v) is 4.15. The average molecular weight is 252 g/mol. The van der Waals surface area contributed by atoms with Gasteiger partial charge in [-0.3, -0.25) is 14.8 Å². The van der Waals surface area contributed by atoms with Crippen LogP contribution in [0.25, 0.3) is 11.3 Å². The van der Waals surface area contributed by atoms with Gasteiger partial charge in [0.2, 0.25) is 0 Å². The highest BCUT2D eigenvalue weighted by molar-refractivity contribution is 6.30. The molecule has 0 aliphatic carbocycles. The van der Waals surface area contributed by atoms with Crippen molar-refractivity contribution in [3.8, 4) is 11.3 Å². The Labute approximate surface area is 103 Å². The number of benzene rings is 1. The molecule has 0 aliphatic heterocycles. The SMILES string of the molecule is Cc1cc(-c2ccc(Cl)cc2[N+](=O)[O-])n(C)n1. The second-order valence-electron chi connectivity index (χ2n) is 3.71. The average Bonchev–Trinajstić information content (AvgIpc) is 2.57. The van der Waals surface area contributed by atoms with Gasteiger partial charge in [0.15, 0.2) is 0 Å². The lowest BCUT2D eigenvalue weighted by Crippen LogP contribution is -1.97. The van der Waals surface area contributed by atoms with Crippen molar-refractivity contribution in [3.63, 3.8) is 0 Å². The summed E-state index contributed by atoms with van der Waals surface area (Å²) >= 11 is 5.77. The first-order valence-electron chi connectivity index (χ1n) is 4.94. The number of rotatable bonds is 2. The van der Waals surface area contributed by atoms with Crippen molar-refractivity contribution in [2.24, 2.45) is 7.05 Å². The standard InChI is InChI=1S/C11H10ClN3O2/c1-7-5-10(14(2)13-7)9-4-3-8(12)6-11(9)15(16)17/h3-6H,1-2H3. The lowest BCUT2D eigenvalue weighted by atomic mass is 10.1. The molecule has 2 rings (SSSR count). The van der Waals surface area contributed by atoms with Gasteiger partial charge in [-0.15, -0.1) is 0 Å². The minimum absolute atomic E-state index is 0.0134. The zero-order valence-corrected chi connectivity index (χ0v) is 10.1. The van der Waals surface area contributed by atoms with Crippen LogP contribution in [-0.2, 0) is 7.05 Å². The van der Waals surface area contributed by atoms with Crippen molar-refractivity contribution in [2.45, 2.75) is 6.92 Å². The lowest BCUT2D eigenvalue weighted by molar-refractivity contribution is -0.384. The summed E-state index contributed by atoms with van der Waals surface area (Å²) in [6, 6.07) is 6.42. The van der Waals surface area contributed by atoms with E-state index >= 15 is 0 Å². The van der Waals surface area contributed by atoms with Gasteiger partial charge in [-0.25, -0.2) is 0 Å². The maximum absolute atomic E-state index is 11.0. The van der Waals surface area contributed by atoms with Crippen LogP contribution in [0.5, 0.6) is 0 Å². The van der Waals surface area contributed by atoms with Gasteiger partial charge < -0.3 is 0 Å². The molecule has 0 radical (unpaired) electrons. The van der Waals surface area contributed by atoms with Crippen LogP contribution < -0.4 is 0 Å². The smallest absolute Gasteiger partial charge is 0.267 e. The van der Waals surface area contributed by atoms with Crippen LogP contribution in [0, 0.1) is 17.0 Å². The van der Waals surface area contributed by atoms with Crippen LogP contribution in [-0.4, -0.2) is 14.7 Å². The Morgan fingerprint density at radius 1 is 1.41 bits per heavy atom. The number of aryl methyl sites for hydroxylation is 2. The maximum atomic E-state index is 11.0. The molecule has 0 fully saturated rings. The van der Waals surface area contributed by atoms with E-state index in [1.165, 1.54) is 6.07 Å². The van der Waals surface area contributed by atoms with E-state index in [0.717, 1.165) is 5.69 Å². The number of hydrogen-bond acceptors (Lipinski definition) is 3. The zero-order chi connectivity index (χ0) is 12.6. The summed E-state index contributed by atoms with van der Waals surface area (Å²) in [4.78, 5) is 10.5. The molecule has 0 aliphatic rings. The molecule has 17 heavy (non-hydrogen) atoms. The largest absolute Gasteiger partial charge is 0.280 e. The Kier molecular flexibility index (Phi) is 2.85. The number of hydrogen-bond donors (Lipinski definition) is 0. The molecule has 0 spiro atoms. The van der Waals surface area contributed by atoms with Gasteiger partial charge in [0.05, 0.1) is 21.9 Å². The number of nitro groups is 1. The molecular formula is C11H10ClN3O2. The number of aromatic nitrogens is 2. The highest BCUT2D eigenvalue weighted by Gasteiger charge is 2.18. The Balaban J connectivity index is 2.67. The molecule has 0 saturated heterocycles. The quantitative estimate of drug-likeness (QED) is 0.609. The minimum atomic E-state index is -0.441. The summed E-state index contributed by atoms with van der Waals surface area (Å²) in [5.74, 6) is 0. The highest BCUT2D eigenvalue weighted by atomic mass is 35.5. The maximum Gasteiger partial charge on any atom is 0.280 e. The van der Waals surface area contributed by atoms with Crippen molar-refractivity contribution in [1.82, 2.24) is 9.78 Å². The van der Waals surface area contributed by atoms with Crippen molar-refractivity contribution in [2.75, 3.05) is 0 Å². The molecule has 1 heterocycles. The van der Waals surface area contributed by atoms with Gasteiger partial charge in [0, 0.05) is 18.1 Å². The normalized spacial score (nSPS) is 10.5. The van der Waals surface area contributed by atoms with Gasteiger partial charge in [-0.2, -0.15) is 5.10 Å². The highest BCUT2D eigenvalue weighted by Crippen LogP contribution is 2.32. The summed E-state index contributed by atoms with van der Waals surface area (Å²) < 4.78 is 1.62. The third-order valence-electron chi connectivity index (χ3n) is 2.43. The molecule has 88 valence electrons. The lowest BCUT2D eigenvalue weighted by Gasteiger charge is -2.03. The third kappa shape index (κ3) is 2.14. The molecule has 0 atom stereocenters. The predicted octanol–water partition coefficient (Wildman–Crippen LogP) is 2.96. The van der Waals surface area contributed by atoms with Gasteiger partial charge in [0.25, 0.3) is 5.69 Å². The van der Waals surface area contributed by atoms with E-state index in [0.29, 0.717) is 16.3 Å². The molecule has 6 heteroatoms. The molecule has 0 saturated carbocycles. The second kappa shape index (κ2) is 4.18. The van der Waals surface area contributed by atoms with E-state index in [-0.39, 0.29) is 5.69 Å². The fourth-order valence-corrected chi connectivity index (χ4v) is 1.90. The Morgan fingerprint density at radius 2 is 2.12 bits per heavy atom. The van der Waals surface area contributed by atoms with Crippen molar-refractivity contribution < 1.29 is 4.92 Å². The van der Waals surface area contributed by atoms with Crippen LogP contribution in [0.1, 0.15) is 5.69 Å². The van der Waals surface area contributed by atoms with E-state index in [4.69, 9.17) is 11.6 Å². The molecule has 1 aromatic carbocycles. The molecule has 0 unspecified atom stereocenters. The fraction of sp³-hybridized carbons (Fsp3) is 0.182. The molecule has 2 aromatic rings.